The van der Waals surface area contributed by atoms with Gasteiger partial charge >= 0.3 is 0 Å². The lowest BCUT2D eigenvalue weighted by Crippen LogP contribution is -2.45. The van der Waals surface area contributed by atoms with E-state index in [1.54, 1.807) is 0 Å². The van der Waals surface area contributed by atoms with Crippen molar-refractivity contribution in [2.24, 2.45) is 0 Å². The Bertz CT molecular complexity index is 367. The Kier molecular flexibility index (Phi) is 5.23. The third-order valence-corrected chi connectivity index (χ3v) is 3.82. The normalized spacial score (nSPS) is 17.9. The van der Waals surface area contributed by atoms with E-state index in [0.29, 0.717) is 5.92 Å². The molecule has 1 aromatic rings. The van der Waals surface area contributed by atoms with E-state index in [9.17, 15) is 0 Å². The number of hydrogen-bond acceptors (Lipinski definition) is 3. The summed E-state index contributed by atoms with van der Waals surface area (Å²) in [4.78, 5) is 4.85. The molecule has 1 aromatic carbocycles. The van der Waals surface area contributed by atoms with Gasteiger partial charge < -0.3 is 9.64 Å². The maximum Gasteiger partial charge on any atom is 0.119 e. The molecule has 1 aliphatic rings. The van der Waals surface area contributed by atoms with Gasteiger partial charge in [-0.2, -0.15) is 0 Å². The van der Waals surface area contributed by atoms with E-state index in [-0.39, 0.29) is 0 Å². The molecule has 1 aliphatic heterocycles. The van der Waals surface area contributed by atoms with Crippen molar-refractivity contribution in [1.29, 1.82) is 0 Å². The number of nitrogens with zero attached hydrogens (tertiary/aromatic N) is 2. The van der Waals surface area contributed by atoms with Crippen LogP contribution in [0.5, 0.6) is 5.75 Å². The van der Waals surface area contributed by atoms with Crippen molar-refractivity contribution >= 4 is 0 Å². The molecule has 0 radical (unpaired) electrons. The number of piperazine rings is 1. The number of ether oxygens (including phenoxy) is 1. The molecule has 0 N–H and O–H groups in total. The molecule has 0 aromatic heterocycles. The fraction of sp³-hybridized carbons (Fsp3) is 0.625. The van der Waals surface area contributed by atoms with Crippen molar-refractivity contribution in [1.82, 2.24) is 9.80 Å². The molecule has 0 aliphatic carbocycles. The first-order valence-corrected chi connectivity index (χ1v) is 7.29. The van der Waals surface area contributed by atoms with E-state index >= 15 is 0 Å². The summed E-state index contributed by atoms with van der Waals surface area (Å²) in [5.74, 6) is 1.57. The van der Waals surface area contributed by atoms with Gasteiger partial charge in [0.2, 0.25) is 0 Å². The molecule has 0 saturated carbocycles. The molecule has 0 atom stereocenters. The number of likely N-dealkylation sites (N-methyl/N-ethyl adjacent to an activating group) is 1. The molecular weight excluding hydrogens is 236 g/mol. The first-order chi connectivity index (χ1) is 9.15. The minimum Gasteiger partial charge on any atom is -0.492 e. The van der Waals surface area contributed by atoms with Gasteiger partial charge in [0.15, 0.2) is 0 Å². The lowest BCUT2D eigenvalue weighted by atomic mass is 10.0. The summed E-state index contributed by atoms with van der Waals surface area (Å²) in [6, 6.07) is 8.49. The predicted octanol–water partition coefficient (Wildman–Crippen LogP) is 2.44. The average Bonchev–Trinajstić information content (AvgIpc) is 2.41. The van der Waals surface area contributed by atoms with Crippen molar-refractivity contribution in [2.45, 2.75) is 19.8 Å². The van der Waals surface area contributed by atoms with E-state index in [4.69, 9.17) is 4.74 Å². The van der Waals surface area contributed by atoms with Gasteiger partial charge in [-0.3, -0.25) is 4.90 Å². The third kappa shape index (κ3) is 4.51. The smallest absolute Gasteiger partial charge is 0.119 e. The third-order valence-electron chi connectivity index (χ3n) is 3.82. The summed E-state index contributed by atoms with van der Waals surface area (Å²) in [5, 5.41) is 0. The first kappa shape index (κ1) is 14.4. The summed E-state index contributed by atoms with van der Waals surface area (Å²) < 4.78 is 5.82. The minimum absolute atomic E-state index is 0.583. The Morgan fingerprint density at radius 3 is 2.26 bits per heavy atom. The Balaban J connectivity index is 1.70. The maximum atomic E-state index is 5.82. The summed E-state index contributed by atoms with van der Waals surface area (Å²) in [6.07, 6.45) is 0. The highest BCUT2D eigenvalue weighted by Crippen LogP contribution is 2.18. The van der Waals surface area contributed by atoms with Crippen molar-refractivity contribution in [3.63, 3.8) is 0 Å². The molecule has 2 rings (SSSR count). The molecule has 0 amide bonds. The molecule has 3 heteroatoms. The molecular formula is C16H26N2O. The monoisotopic (exact) mass is 262 g/mol. The number of benzene rings is 1. The molecule has 1 fully saturated rings. The average molecular weight is 262 g/mol. The van der Waals surface area contributed by atoms with E-state index in [2.05, 4.69) is 55.0 Å². The van der Waals surface area contributed by atoms with Crippen LogP contribution < -0.4 is 4.74 Å². The molecule has 0 bridgehead atoms. The van der Waals surface area contributed by atoms with E-state index < -0.39 is 0 Å². The highest BCUT2D eigenvalue weighted by molar-refractivity contribution is 5.28. The zero-order valence-corrected chi connectivity index (χ0v) is 12.4. The highest BCUT2D eigenvalue weighted by atomic mass is 16.5. The van der Waals surface area contributed by atoms with Gasteiger partial charge in [-0.05, 0) is 30.7 Å². The van der Waals surface area contributed by atoms with Crippen LogP contribution in [0.25, 0.3) is 0 Å². The Labute approximate surface area is 117 Å². The van der Waals surface area contributed by atoms with Crippen LogP contribution in [-0.4, -0.2) is 56.2 Å². The fourth-order valence-corrected chi connectivity index (χ4v) is 2.31. The second kappa shape index (κ2) is 6.92. The highest BCUT2D eigenvalue weighted by Gasteiger charge is 2.13. The van der Waals surface area contributed by atoms with Crippen LogP contribution in [0.3, 0.4) is 0 Å². The number of hydrogen-bond donors (Lipinski definition) is 0. The summed E-state index contributed by atoms with van der Waals surface area (Å²) in [6.45, 7) is 10.9. The van der Waals surface area contributed by atoms with Crippen LogP contribution in [0.15, 0.2) is 24.3 Å². The van der Waals surface area contributed by atoms with Crippen LogP contribution in [0, 0.1) is 0 Å². The van der Waals surface area contributed by atoms with Crippen LogP contribution >= 0.6 is 0 Å². The Morgan fingerprint density at radius 1 is 1.05 bits per heavy atom. The molecule has 0 unspecified atom stereocenters. The lowest BCUT2D eigenvalue weighted by Gasteiger charge is -2.32. The predicted molar refractivity (Wildman–Crippen MR) is 80.0 cm³/mol. The van der Waals surface area contributed by atoms with Gasteiger partial charge in [-0.25, -0.2) is 0 Å². The Hall–Kier alpha value is -1.06. The van der Waals surface area contributed by atoms with Gasteiger partial charge in [0.25, 0.3) is 0 Å². The van der Waals surface area contributed by atoms with Gasteiger partial charge in [-0.15, -0.1) is 0 Å². The van der Waals surface area contributed by atoms with Crippen molar-refractivity contribution in [2.75, 3.05) is 46.4 Å². The summed E-state index contributed by atoms with van der Waals surface area (Å²) in [5.41, 5.74) is 1.37. The largest absolute Gasteiger partial charge is 0.492 e. The maximum absolute atomic E-state index is 5.82. The molecule has 1 saturated heterocycles. The lowest BCUT2D eigenvalue weighted by molar-refractivity contribution is 0.133. The quantitative estimate of drug-likeness (QED) is 0.810. The summed E-state index contributed by atoms with van der Waals surface area (Å²) >= 11 is 0. The standard InChI is InChI=1S/C16H26N2O/c1-14(2)15-4-6-16(7-5-15)19-13-12-18-10-8-17(3)9-11-18/h4-7,14H,8-13H2,1-3H3. The second-order valence-corrected chi connectivity index (χ2v) is 5.72. The van der Waals surface area contributed by atoms with Crippen molar-refractivity contribution in [3.8, 4) is 5.75 Å². The van der Waals surface area contributed by atoms with E-state index in [1.807, 2.05) is 0 Å². The molecule has 0 spiro atoms. The van der Waals surface area contributed by atoms with Crippen LogP contribution in [-0.2, 0) is 0 Å². The van der Waals surface area contributed by atoms with Gasteiger partial charge in [0.05, 0.1) is 0 Å². The second-order valence-electron chi connectivity index (χ2n) is 5.72. The van der Waals surface area contributed by atoms with Crippen molar-refractivity contribution < 1.29 is 4.74 Å². The minimum atomic E-state index is 0.583. The molecule has 106 valence electrons. The summed E-state index contributed by atoms with van der Waals surface area (Å²) in [7, 11) is 2.18. The van der Waals surface area contributed by atoms with E-state index in [0.717, 1.165) is 32.0 Å². The molecule has 1 heterocycles. The Morgan fingerprint density at radius 2 is 1.68 bits per heavy atom. The van der Waals surface area contributed by atoms with Crippen LogP contribution in [0.1, 0.15) is 25.3 Å². The van der Waals surface area contributed by atoms with Gasteiger partial charge in [0, 0.05) is 32.7 Å². The van der Waals surface area contributed by atoms with Crippen LogP contribution in [0.2, 0.25) is 0 Å². The number of rotatable bonds is 5. The SMILES string of the molecule is CC(C)c1ccc(OCCN2CCN(C)CC2)cc1. The van der Waals surface area contributed by atoms with E-state index in [1.165, 1.54) is 18.7 Å². The van der Waals surface area contributed by atoms with Gasteiger partial charge in [-0.1, -0.05) is 26.0 Å². The zero-order valence-electron chi connectivity index (χ0n) is 12.4. The fourth-order valence-electron chi connectivity index (χ4n) is 2.31. The van der Waals surface area contributed by atoms with Crippen LogP contribution in [0.4, 0.5) is 0 Å². The zero-order chi connectivity index (χ0) is 13.7. The molecule has 3 nitrogen and oxygen atoms in total. The first-order valence-electron chi connectivity index (χ1n) is 7.29. The topological polar surface area (TPSA) is 15.7 Å². The van der Waals surface area contributed by atoms with Gasteiger partial charge in [0.1, 0.15) is 12.4 Å². The van der Waals surface area contributed by atoms with Crippen molar-refractivity contribution in [3.05, 3.63) is 29.8 Å². The molecule has 19 heavy (non-hydrogen) atoms.